The Morgan fingerprint density at radius 1 is 0.893 bits per heavy atom. The van der Waals surface area contributed by atoms with E-state index in [1.165, 1.54) is 0 Å². The van der Waals surface area contributed by atoms with Crippen LogP contribution < -0.4 is 9.47 Å². The summed E-state index contributed by atoms with van der Waals surface area (Å²) in [7, 11) is 0. The van der Waals surface area contributed by atoms with Gasteiger partial charge in [0.2, 0.25) is 0 Å². The number of carboxylic acid groups (broad SMARTS) is 1. The molecule has 3 aromatic carbocycles. The molecule has 0 aromatic heterocycles. The van der Waals surface area contributed by atoms with Crippen LogP contribution in [-0.2, 0) is 11.2 Å². The second-order valence-corrected chi connectivity index (χ2v) is 6.71. The van der Waals surface area contributed by atoms with Crippen molar-refractivity contribution in [1.29, 1.82) is 0 Å². The zero-order chi connectivity index (χ0) is 19.8. The first kappa shape index (κ1) is 19.8. The molecule has 144 valence electrons. The minimum atomic E-state index is -0.845. The topological polar surface area (TPSA) is 55.8 Å². The largest absolute Gasteiger partial charge is 0.493 e. The van der Waals surface area contributed by atoms with Crippen LogP contribution in [0.1, 0.15) is 12.0 Å². The van der Waals surface area contributed by atoms with Gasteiger partial charge in [0.15, 0.2) is 0 Å². The molecule has 0 heterocycles. The molecule has 0 aliphatic carbocycles. The van der Waals surface area contributed by atoms with Crippen LogP contribution >= 0.6 is 11.6 Å². The minimum absolute atomic E-state index is 0.0129. The molecule has 28 heavy (non-hydrogen) atoms. The highest BCUT2D eigenvalue weighted by atomic mass is 35.5. The Bertz CT molecular complexity index is 908. The second-order valence-electron chi connectivity index (χ2n) is 6.27. The van der Waals surface area contributed by atoms with Crippen molar-refractivity contribution in [3.8, 4) is 22.6 Å². The van der Waals surface area contributed by atoms with E-state index >= 15 is 0 Å². The Kier molecular flexibility index (Phi) is 6.93. The Morgan fingerprint density at radius 2 is 1.61 bits per heavy atom. The maximum Gasteiger partial charge on any atom is 0.307 e. The fraction of sp³-hybridized carbons (Fsp3) is 0.174. The lowest BCUT2D eigenvalue weighted by atomic mass is 10.0. The molecule has 0 aliphatic heterocycles. The third-order valence-corrected chi connectivity index (χ3v) is 4.36. The number of hydrogen-bond donors (Lipinski definition) is 1. The van der Waals surface area contributed by atoms with Gasteiger partial charge >= 0.3 is 5.97 Å². The Morgan fingerprint density at radius 3 is 2.32 bits per heavy atom. The van der Waals surface area contributed by atoms with Crippen molar-refractivity contribution in [3.63, 3.8) is 0 Å². The van der Waals surface area contributed by atoms with E-state index in [0.29, 0.717) is 30.4 Å². The molecule has 0 unspecified atom stereocenters. The van der Waals surface area contributed by atoms with Crippen molar-refractivity contribution in [1.82, 2.24) is 0 Å². The third-order valence-electron chi connectivity index (χ3n) is 4.12. The maximum atomic E-state index is 10.7. The summed E-state index contributed by atoms with van der Waals surface area (Å²) < 4.78 is 11.6. The van der Waals surface area contributed by atoms with Crippen LogP contribution in [0.3, 0.4) is 0 Å². The summed E-state index contributed by atoms with van der Waals surface area (Å²) in [5.74, 6) is 0.655. The smallest absolute Gasteiger partial charge is 0.307 e. The molecular weight excluding hydrogens is 376 g/mol. The van der Waals surface area contributed by atoms with Gasteiger partial charge in [0.05, 0.1) is 19.6 Å². The average molecular weight is 397 g/mol. The highest BCUT2D eigenvalue weighted by Gasteiger charge is 2.07. The first-order chi connectivity index (χ1) is 13.6. The lowest BCUT2D eigenvalue weighted by molar-refractivity contribution is -0.136. The first-order valence-electron chi connectivity index (χ1n) is 9.03. The summed E-state index contributed by atoms with van der Waals surface area (Å²) in [5.41, 5.74) is 2.76. The quantitative estimate of drug-likeness (QED) is 0.486. The highest BCUT2D eigenvalue weighted by Crippen LogP contribution is 2.32. The molecule has 3 rings (SSSR count). The molecule has 0 radical (unpaired) electrons. The molecule has 0 spiro atoms. The molecule has 0 amide bonds. The zero-order valence-corrected chi connectivity index (χ0v) is 16.1. The van der Waals surface area contributed by atoms with Gasteiger partial charge in [-0.2, -0.15) is 0 Å². The molecule has 0 aliphatic rings. The van der Waals surface area contributed by atoms with E-state index in [1.807, 2.05) is 48.5 Å². The van der Waals surface area contributed by atoms with E-state index in [0.717, 1.165) is 22.4 Å². The van der Waals surface area contributed by atoms with Crippen LogP contribution in [0.5, 0.6) is 11.5 Å². The molecule has 5 heteroatoms. The number of rotatable bonds is 9. The van der Waals surface area contributed by atoms with Crippen molar-refractivity contribution in [2.75, 3.05) is 13.2 Å². The van der Waals surface area contributed by atoms with Gasteiger partial charge in [-0.3, -0.25) is 4.79 Å². The number of halogens is 1. The van der Waals surface area contributed by atoms with Gasteiger partial charge < -0.3 is 14.6 Å². The van der Waals surface area contributed by atoms with Crippen LogP contribution in [0.2, 0.25) is 5.02 Å². The fourth-order valence-corrected chi connectivity index (χ4v) is 2.95. The van der Waals surface area contributed by atoms with E-state index in [2.05, 4.69) is 0 Å². The van der Waals surface area contributed by atoms with E-state index in [-0.39, 0.29) is 6.42 Å². The van der Waals surface area contributed by atoms with Crippen LogP contribution in [0.4, 0.5) is 0 Å². The molecule has 4 nitrogen and oxygen atoms in total. The molecule has 0 saturated carbocycles. The summed E-state index contributed by atoms with van der Waals surface area (Å²) >= 11 is 6.15. The van der Waals surface area contributed by atoms with Crippen molar-refractivity contribution in [3.05, 3.63) is 83.4 Å². The van der Waals surface area contributed by atoms with E-state index < -0.39 is 5.97 Å². The maximum absolute atomic E-state index is 10.7. The minimum Gasteiger partial charge on any atom is -0.493 e. The standard InChI is InChI=1S/C23H21ClO4/c24-19-9-12-22(21(16-19)18-5-2-1-3-6-18)28-14-4-13-27-20-10-7-17(8-11-20)15-23(25)26/h1-3,5-12,16H,4,13-15H2,(H,25,26). The van der Waals surface area contributed by atoms with E-state index in [4.69, 9.17) is 26.2 Å². The van der Waals surface area contributed by atoms with E-state index in [9.17, 15) is 4.79 Å². The van der Waals surface area contributed by atoms with Crippen LogP contribution in [0.15, 0.2) is 72.8 Å². The summed E-state index contributed by atoms with van der Waals surface area (Å²) in [6.45, 7) is 1.02. The monoisotopic (exact) mass is 396 g/mol. The predicted octanol–water partition coefficient (Wildman–Crippen LogP) is 5.48. The molecule has 3 aromatic rings. The number of aliphatic carboxylic acids is 1. The molecule has 1 N–H and O–H groups in total. The highest BCUT2D eigenvalue weighted by molar-refractivity contribution is 6.31. The summed E-state index contributed by atoms with van der Waals surface area (Å²) in [5, 5.41) is 9.45. The number of ether oxygens (including phenoxy) is 2. The summed E-state index contributed by atoms with van der Waals surface area (Å²) in [6, 6.07) is 22.7. The predicted molar refractivity (Wildman–Crippen MR) is 110 cm³/mol. The van der Waals surface area contributed by atoms with Gasteiger partial charge in [-0.25, -0.2) is 0 Å². The fourth-order valence-electron chi connectivity index (χ4n) is 2.78. The molecule has 0 fully saturated rings. The summed E-state index contributed by atoms with van der Waals surface area (Å²) in [6.07, 6.45) is 0.729. The van der Waals surface area contributed by atoms with Gasteiger partial charge in [0.1, 0.15) is 11.5 Å². The zero-order valence-electron chi connectivity index (χ0n) is 15.3. The van der Waals surface area contributed by atoms with Crippen molar-refractivity contribution < 1.29 is 19.4 Å². The molecule has 0 bridgehead atoms. The second kappa shape index (κ2) is 9.81. The molecule has 0 saturated heterocycles. The first-order valence-corrected chi connectivity index (χ1v) is 9.41. The van der Waals surface area contributed by atoms with Gasteiger partial charge in [0.25, 0.3) is 0 Å². The molecule has 0 atom stereocenters. The lowest BCUT2D eigenvalue weighted by Gasteiger charge is -2.13. The third kappa shape index (κ3) is 5.76. The van der Waals surface area contributed by atoms with Gasteiger partial charge in [0, 0.05) is 17.0 Å². The van der Waals surface area contributed by atoms with Crippen LogP contribution in [-0.4, -0.2) is 24.3 Å². The number of carboxylic acids is 1. The van der Waals surface area contributed by atoms with Gasteiger partial charge in [-0.15, -0.1) is 0 Å². The van der Waals surface area contributed by atoms with E-state index in [1.54, 1.807) is 24.3 Å². The van der Waals surface area contributed by atoms with Crippen LogP contribution in [0.25, 0.3) is 11.1 Å². The molecular formula is C23H21ClO4. The van der Waals surface area contributed by atoms with Crippen LogP contribution in [0, 0.1) is 0 Å². The lowest BCUT2D eigenvalue weighted by Crippen LogP contribution is -2.06. The van der Waals surface area contributed by atoms with Crippen molar-refractivity contribution in [2.45, 2.75) is 12.8 Å². The number of hydrogen-bond acceptors (Lipinski definition) is 3. The summed E-state index contributed by atoms with van der Waals surface area (Å²) in [4.78, 5) is 10.7. The van der Waals surface area contributed by atoms with Crippen molar-refractivity contribution >= 4 is 17.6 Å². The normalized spacial score (nSPS) is 10.5. The number of carbonyl (C=O) groups is 1. The van der Waals surface area contributed by atoms with Gasteiger partial charge in [-0.1, -0.05) is 54.1 Å². The Balaban J connectivity index is 1.50. The Labute approximate surface area is 169 Å². The Hall–Kier alpha value is -2.98. The van der Waals surface area contributed by atoms with Crippen molar-refractivity contribution in [2.24, 2.45) is 0 Å². The SMILES string of the molecule is O=C(O)Cc1ccc(OCCCOc2ccc(Cl)cc2-c2ccccc2)cc1. The average Bonchev–Trinajstić information content (AvgIpc) is 2.70. The number of benzene rings is 3. The van der Waals surface area contributed by atoms with Gasteiger partial charge in [-0.05, 0) is 41.5 Å².